The molecule has 0 radical (unpaired) electrons. The minimum atomic E-state index is -4.50. The third-order valence-electron chi connectivity index (χ3n) is 2.03. The van der Waals surface area contributed by atoms with Gasteiger partial charge in [0.2, 0.25) is 0 Å². The van der Waals surface area contributed by atoms with Crippen LogP contribution in [0.4, 0.5) is 13.2 Å². The van der Waals surface area contributed by atoms with Gasteiger partial charge in [0.15, 0.2) is 4.77 Å². The molecular weight excluding hydrogens is 255 g/mol. The second kappa shape index (κ2) is 3.91. The molecular formula is C8H6F3N5S. The Balaban J connectivity index is 2.61. The van der Waals surface area contributed by atoms with Gasteiger partial charge in [-0.2, -0.15) is 13.2 Å². The lowest BCUT2D eigenvalue weighted by Gasteiger charge is -2.08. The van der Waals surface area contributed by atoms with Gasteiger partial charge in [0, 0.05) is 7.05 Å². The summed E-state index contributed by atoms with van der Waals surface area (Å²) in [4.78, 5) is 5.81. The van der Waals surface area contributed by atoms with Crippen LogP contribution in [0, 0.1) is 4.77 Å². The standard InChI is InChI=1S/C8H6F3N5S/c1-16-5(3-12-15-16)4-2-6(8(9,10)11)14-7(17)13-4/h2-3H,1H3,(H,13,14,17). The van der Waals surface area contributed by atoms with E-state index in [9.17, 15) is 13.2 Å². The van der Waals surface area contributed by atoms with Crippen LogP contribution < -0.4 is 0 Å². The van der Waals surface area contributed by atoms with E-state index >= 15 is 0 Å². The Hall–Kier alpha value is -1.77. The summed E-state index contributed by atoms with van der Waals surface area (Å²) < 4.78 is 38.7. The van der Waals surface area contributed by atoms with Gasteiger partial charge in [0.1, 0.15) is 11.4 Å². The zero-order chi connectivity index (χ0) is 12.6. The van der Waals surface area contributed by atoms with E-state index in [1.165, 1.54) is 10.9 Å². The fraction of sp³-hybridized carbons (Fsp3) is 0.250. The molecule has 17 heavy (non-hydrogen) atoms. The van der Waals surface area contributed by atoms with Crippen molar-refractivity contribution in [1.29, 1.82) is 0 Å². The monoisotopic (exact) mass is 261 g/mol. The van der Waals surface area contributed by atoms with Crippen molar-refractivity contribution in [3.63, 3.8) is 0 Å². The average molecular weight is 261 g/mol. The van der Waals surface area contributed by atoms with E-state index in [4.69, 9.17) is 0 Å². The highest BCUT2D eigenvalue weighted by atomic mass is 32.1. The molecule has 0 fully saturated rings. The summed E-state index contributed by atoms with van der Waals surface area (Å²) in [6, 6.07) is 0.870. The number of hydrogen-bond donors (Lipinski definition) is 1. The van der Waals surface area contributed by atoms with Crippen LogP contribution in [0.5, 0.6) is 0 Å². The maximum absolute atomic E-state index is 12.5. The van der Waals surface area contributed by atoms with Crippen molar-refractivity contribution in [2.75, 3.05) is 0 Å². The molecule has 0 aromatic carbocycles. The molecule has 0 saturated heterocycles. The van der Waals surface area contributed by atoms with Crippen molar-refractivity contribution >= 4 is 12.2 Å². The molecule has 0 unspecified atom stereocenters. The maximum atomic E-state index is 12.5. The molecule has 5 nitrogen and oxygen atoms in total. The second-order valence-electron chi connectivity index (χ2n) is 3.23. The van der Waals surface area contributed by atoms with Gasteiger partial charge in [-0.25, -0.2) is 9.67 Å². The highest BCUT2D eigenvalue weighted by Crippen LogP contribution is 2.29. The largest absolute Gasteiger partial charge is 0.431 e. The normalized spacial score (nSPS) is 11.8. The number of halogens is 3. The molecule has 0 bridgehead atoms. The van der Waals surface area contributed by atoms with Gasteiger partial charge in [-0.1, -0.05) is 5.21 Å². The van der Waals surface area contributed by atoms with Crippen molar-refractivity contribution in [3.05, 3.63) is 22.7 Å². The minimum Gasteiger partial charge on any atom is -0.327 e. The lowest BCUT2D eigenvalue weighted by Crippen LogP contribution is -2.09. The Bertz CT molecular complexity index is 600. The molecule has 2 aromatic heterocycles. The number of alkyl halides is 3. The van der Waals surface area contributed by atoms with Gasteiger partial charge in [-0.05, 0) is 18.3 Å². The van der Waals surface area contributed by atoms with E-state index < -0.39 is 11.9 Å². The molecule has 9 heteroatoms. The third-order valence-corrected chi connectivity index (χ3v) is 2.22. The zero-order valence-corrected chi connectivity index (χ0v) is 9.30. The maximum Gasteiger partial charge on any atom is 0.431 e. The molecule has 0 aliphatic rings. The van der Waals surface area contributed by atoms with Gasteiger partial charge in [-0.15, -0.1) is 5.10 Å². The molecule has 0 saturated carbocycles. The first-order chi connectivity index (χ1) is 7.88. The van der Waals surface area contributed by atoms with Crippen LogP contribution in [0.25, 0.3) is 11.4 Å². The summed E-state index contributed by atoms with van der Waals surface area (Å²) in [5.74, 6) is 0. The molecule has 2 heterocycles. The molecule has 0 amide bonds. The smallest absolute Gasteiger partial charge is 0.327 e. The van der Waals surface area contributed by atoms with Crippen LogP contribution in [0.2, 0.25) is 0 Å². The van der Waals surface area contributed by atoms with Crippen molar-refractivity contribution in [2.45, 2.75) is 6.18 Å². The van der Waals surface area contributed by atoms with Crippen LogP contribution in [-0.4, -0.2) is 25.0 Å². The van der Waals surface area contributed by atoms with Crippen molar-refractivity contribution in [1.82, 2.24) is 25.0 Å². The average Bonchev–Trinajstić information content (AvgIpc) is 2.62. The van der Waals surface area contributed by atoms with Gasteiger partial charge < -0.3 is 4.98 Å². The molecule has 0 spiro atoms. The fourth-order valence-electron chi connectivity index (χ4n) is 1.26. The highest BCUT2D eigenvalue weighted by molar-refractivity contribution is 7.71. The predicted octanol–water partition coefficient (Wildman–Crippen LogP) is 1.95. The number of aromatic amines is 1. The number of aryl methyl sites for hydroxylation is 1. The zero-order valence-electron chi connectivity index (χ0n) is 8.49. The number of aromatic nitrogens is 5. The number of nitrogens with zero attached hydrogens (tertiary/aromatic N) is 4. The summed E-state index contributed by atoms with van der Waals surface area (Å²) in [6.07, 6.45) is -3.19. The van der Waals surface area contributed by atoms with Gasteiger partial charge in [0.25, 0.3) is 0 Å². The van der Waals surface area contributed by atoms with Crippen LogP contribution in [0.1, 0.15) is 5.69 Å². The Kier molecular flexibility index (Phi) is 2.69. The van der Waals surface area contributed by atoms with E-state index in [0.717, 1.165) is 6.07 Å². The van der Waals surface area contributed by atoms with E-state index in [1.807, 2.05) is 4.98 Å². The molecule has 0 aliphatic carbocycles. The predicted molar refractivity (Wildman–Crippen MR) is 54.4 cm³/mol. The minimum absolute atomic E-state index is 0.0774. The van der Waals surface area contributed by atoms with E-state index in [-0.39, 0.29) is 10.5 Å². The number of nitrogens with one attached hydrogen (secondary N) is 1. The number of rotatable bonds is 1. The SMILES string of the molecule is Cn1nncc1-c1cc(C(F)(F)F)[nH]c(=S)n1. The summed E-state index contributed by atoms with van der Waals surface area (Å²) in [5.41, 5.74) is -0.516. The van der Waals surface area contributed by atoms with Gasteiger partial charge in [-0.3, -0.25) is 0 Å². The van der Waals surface area contributed by atoms with Crippen molar-refractivity contribution in [2.24, 2.45) is 7.05 Å². The Morgan fingerprint density at radius 3 is 2.65 bits per heavy atom. The first-order valence-electron chi connectivity index (χ1n) is 4.41. The van der Waals surface area contributed by atoms with Crippen LogP contribution in [-0.2, 0) is 13.2 Å². The Labute approximate surface area is 98.3 Å². The molecule has 90 valence electrons. The van der Waals surface area contributed by atoms with E-state index in [2.05, 4.69) is 27.5 Å². The molecule has 0 atom stereocenters. The number of hydrogen-bond acceptors (Lipinski definition) is 4. The van der Waals surface area contributed by atoms with Crippen LogP contribution in [0.15, 0.2) is 12.3 Å². The molecule has 0 aliphatic heterocycles. The summed E-state index contributed by atoms with van der Waals surface area (Å²) in [6.45, 7) is 0. The first kappa shape index (κ1) is 11.7. The Morgan fingerprint density at radius 2 is 2.12 bits per heavy atom. The third kappa shape index (κ3) is 2.33. The highest BCUT2D eigenvalue weighted by Gasteiger charge is 2.32. The van der Waals surface area contributed by atoms with E-state index in [0.29, 0.717) is 5.69 Å². The van der Waals surface area contributed by atoms with E-state index in [1.54, 1.807) is 7.05 Å². The van der Waals surface area contributed by atoms with Crippen LogP contribution >= 0.6 is 12.2 Å². The summed E-state index contributed by atoms with van der Waals surface area (Å²) in [7, 11) is 1.55. The lowest BCUT2D eigenvalue weighted by atomic mass is 10.2. The summed E-state index contributed by atoms with van der Waals surface area (Å²) >= 11 is 4.66. The molecule has 2 aromatic rings. The lowest BCUT2D eigenvalue weighted by molar-refractivity contribution is -0.141. The Morgan fingerprint density at radius 1 is 1.41 bits per heavy atom. The second-order valence-corrected chi connectivity index (χ2v) is 3.61. The number of H-pyrrole nitrogens is 1. The quantitative estimate of drug-likeness (QED) is 0.797. The van der Waals surface area contributed by atoms with Gasteiger partial charge in [0.05, 0.1) is 11.9 Å². The van der Waals surface area contributed by atoms with Gasteiger partial charge >= 0.3 is 6.18 Å². The van der Waals surface area contributed by atoms with Crippen molar-refractivity contribution in [3.8, 4) is 11.4 Å². The fourth-order valence-corrected chi connectivity index (χ4v) is 1.47. The van der Waals surface area contributed by atoms with Crippen LogP contribution in [0.3, 0.4) is 0 Å². The first-order valence-corrected chi connectivity index (χ1v) is 4.82. The molecule has 1 N–H and O–H groups in total. The molecule has 2 rings (SSSR count). The van der Waals surface area contributed by atoms with Crippen molar-refractivity contribution < 1.29 is 13.2 Å². The summed E-state index contributed by atoms with van der Waals surface area (Å²) in [5, 5.41) is 7.18. The topological polar surface area (TPSA) is 59.4 Å².